The van der Waals surface area contributed by atoms with Gasteiger partial charge in [0.1, 0.15) is 46.6 Å². The van der Waals surface area contributed by atoms with E-state index in [4.69, 9.17) is 36.1 Å². The maximum Gasteiger partial charge on any atom is 0.411 e. The van der Waals surface area contributed by atoms with E-state index < -0.39 is 130 Å². The van der Waals surface area contributed by atoms with Crippen LogP contribution in [0.15, 0.2) is 0 Å². The normalized spacial score (nSPS) is 13.8. The molecule has 9 N–H and O–H groups in total. The van der Waals surface area contributed by atoms with E-state index in [0.717, 1.165) is 64.2 Å². The van der Waals surface area contributed by atoms with Crippen molar-refractivity contribution in [1.29, 1.82) is 0 Å². The average molecular weight is 1350 g/mol. The maximum absolute atomic E-state index is 17.1. The van der Waals surface area contributed by atoms with Crippen LogP contribution < -0.4 is 22.5 Å². The number of rotatable bonds is 54. The summed E-state index contributed by atoms with van der Waals surface area (Å²) in [4.78, 5) is 129. The number of carbonyl (C=O) groups excluding carboxylic acids is 7. The van der Waals surface area contributed by atoms with Crippen molar-refractivity contribution in [1.82, 2.24) is 15.1 Å². The minimum absolute atomic E-state index is 0.00168. The maximum atomic E-state index is 17.1. The number of hydrogen-bond acceptors (Lipinski definition) is 15. The summed E-state index contributed by atoms with van der Waals surface area (Å²) >= 11 is 0. The molecule has 2 unspecified atom stereocenters. The first-order valence-electron chi connectivity index (χ1n) is 36.8. The quantitative estimate of drug-likeness (QED) is 0.0143. The summed E-state index contributed by atoms with van der Waals surface area (Å²) in [5, 5.41) is 22.8. The van der Waals surface area contributed by atoms with Gasteiger partial charge in [-0.15, -0.1) is 0 Å². The summed E-state index contributed by atoms with van der Waals surface area (Å²) in [6.45, 7) is 24.2. The van der Waals surface area contributed by atoms with Gasteiger partial charge in [-0.1, -0.05) is 168 Å². The van der Waals surface area contributed by atoms with Crippen molar-refractivity contribution in [2.75, 3.05) is 32.7 Å². The molecule has 0 radical (unpaired) electrons. The van der Waals surface area contributed by atoms with E-state index in [1.54, 1.807) is 83.1 Å². The summed E-state index contributed by atoms with van der Waals surface area (Å²) in [5.74, 6) is -6.60. The predicted octanol–water partition coefficient (Wildman–Crippen LogP) is 14.1. The van der Waals surface area contributed by atoms with Crippen LogP contribution in [0.2, 0.25) is 0 Å². The second kappa shape index (κ2) is 48.6. The topological polar surface area (TPSA) is 328 Å². The Kier molecular flexibility index (Phi) is 46.0. The molecular weight excluding hydrogens is 1210 g/mol. The molecule has 0 aromatic heterocycles. The van der Waals surface area contributed by atoms with Gasteiger partial charge in [-0.05, 0) is 141 Å². The summed E-state index contributed by atoms with van der Waals surface area (Å²) in [5.41, 5.74) is 15.0. The van der Waals surface area contributed by atoms with Crippen molar-refractivity contribution in [3.8, 4) is 0 Å². The van der Waals surface area contributed by atoms with Crippen molar-refractivity contribution >= 4 is 53.8 Å². The first kappa shape index (κ1) is 89.9. The number of nitrogens with zero attached hydrogens (tertiary/aromatic N) is 3. The monoisotopic (exact) mass is 1350 g/mol. The van der Waals surface area contributed by atoms with Crippen LogP contribution >= 0.6 is 0 Å². The molecule has 0 aliphatic heterocycles. The molecular formula is C73H138N7O15+. The molecule has 0 saturated heterocycles. The molecule has 0 fully saturated rings. The number of primary amides is 1. The number of aliphatic carboxylic acids is 2. The van der Waals surface area contributed by atoms with E-state index in [9.17, 15) is 39.0 Å². The van der Waals surface area contributed by atoms with Crippen molar-refractivity contribution in [2.45, 2.75) is 381 Å². The molecule has 0 bridgehead atoms. The number of carbonyl (C=O) groups is 9. The van der Waals surface area contributed by atoms with E-state index in [2.05, 4.69) is 19.2 Å². The van der Waals surface area contributed by atoms with Gasteiger partial charge in [-0.2, -0.15) is 0 Å². The minimum atomic E-state index is -1.71. The number of amides is 5. The number of ether oxygens (including phenoxy) is 4. The highest BCUT2D eigenvalue weighted by Gasteiger charge is 2.53. The van der Waals surface area contributed by atoms with E-state index in [1.165, 1.54) is 99.7 Å². The molecule has 0 aromatic carbocycles. The molecule has 0 spiro atoms. The number of unbranched alkanes of at least 4 members (excludes halogenated alkanes) is 26. The summed E-state index contributed by atoms with van der Waals surface area (Å²) in [7, 11) is 0. The van der Waals surface area contributed by atoms with Crippen LogP contribution in [0.25, 0.3) is 0 Å². The zero-order valence-electron chi connectivity index (χ0n) is 62.2. The highest BCUT2D eigenvalue weighted by molar-refractivity contribution is 5.90. The van der Waals surface area contributed by atoms with Crippen molar-refractivity contribution in [3.05, 3.63) is 0 Å². The van der Waals surface area contributed by atoms with Gasteiger partial charge in [-0.25, -0.2) is 23.7 Å². The Balaban J connectivity index is 8.50. The van der Waals surface area contributed by atoms with Gasteiger partial charge in [0.15, 0.2) is 6.04 Å². The van der Waals surface area contributed by atoms with Crippen LogP contribution in [-0.4, -0.2) is 164 Å². The number of carboxylic acid groups (broad SMARTS) is 2. The Labute approximate surface area is 574 Å². The predicted molar refractivity (Wildman–Crippen MR) is 375 cm³/mol. The molecule has 0 saturated carbocycles. The van der Waals surface area contributed by atoms with Gasteiger partial charge in [-0.3, -0.25) is 28.9 Å². The van der Waals surface area contributed by atoms with Crippen LogP contribution in [-0.2, 0) is 52.5 Å². The van der Waals surface area contributed by atoms with Gasteiger partial charge in [0.05, 0.1) is 13.1 Å². The van der Waals surface area contributed by atoms with E-state index in [-0.39, 0.29) is 64.8 Å². The summed E-state index contributed by atoms with van der Waals surface area (Å²) in [6, 6.07) is -7.18. The second-order valence-corrected chi connectivity index (χ2v) is 30.5. The molecule has 22 nitrogen and oxygen atoms in total. The number of nitrogens with one attached hydrogen (secondary N) is 1. The molecule has 5 atom stereocenters. The summed E-state index contributed by atoms with van der Waals surface area (Å²) in [6.07, 6.45) is 25.2. The fourth-order valence-electron chi connectivity index (χ4n) is 11.7. The highest BCUT2D eigenvalue weighted by Crippen LogP contribution is 2.31. The van der Waals surface area contributed by atoms with Crippen LogP contribution in [0.1, 0.15) is 328 Å². The van der Waals surface area contributed by atoms with Gasteiger partial charge in [0.2, 0.25) is 5.91 Å². The number of carboxylic acids is 2. The van der Waals surface area contributed by atoms with Crippen LogP contribution in [0.3, 0.4) is 0 Å². The van der Waals surface area contributed by atoms with E-state index >= 15 is 14.4 Å². The Morgan fingerprint density at radius 1 is 0.432 bits per heavy atom. The molecule has 5 amide bonds. The molecule has 554 valence electrons. The number of quaternary nitrogens is 1. The number of nitrogens with two attached hydrogens (primary N) is 3. The van der Waals surface area contributed by atoms with Crippen molar-refractivity contribution in [2.24, 2.45) is 17.2 Å². The lowest BCUT2D eigenvalue weighted by Gasteiger charge is -2.45. The van der Waals surface area contributed by atoms with Crippen LogP contribution in [0, 0.1) is 0 Å². The zero-order valence-corrected chi connectivity index (χ0v) is 62.2. The number of hydrogen-bond donors (Lipinski definition) is 6. The second-order valence-electron chi connectivity index (χ2n) is 30.5. The Morgan fingerprint density at radius 2 is 0.789 bits per heavy atom. The lowest BCUT2D eigenvalue weighted by Crippen LogP contribution is -2.70. The fourth-order valence-corrected chi connectivity index (χ4v) is 11.7. The molecule has 0 aromatic rings. The Hall–Kier alpha value is -5.09. The third-order valence-corrected chi connectivity index (χ3v) is 16.7. The van der Waals surface area contributed by atoms with Gasteiger partial charge < -0.3 is 56.6 Å². The largest absolute Gasteiger partial charge is 0.481 e. The third-order valence-electron chi connectivity index (χ3n) is 16.7. The Morgan fingerprint density at radius 3 is 1.14 bits per heavy atom. The SMILES string of the molecule is CCCCCCCCCCCCCCCC[N+](CCCCCCCCCCCCCCCC)(C(=O)[C@H](CCCN(CCC(N)C(=O)OC(C)(C)C)C(=O)OC(C)(C)C)N(CCC(N)C(=O)OC(C)(C)C)C(=O)OC(C)(C)C)[C@@H](CCC(N)=O)C(=O)N[C@@H](CCC(=O)O)C(=O)O. The minimum Gasteiger partial charge on any atom is -0.481 e. The van der Waals surface area contributed by atoms with E-state index in [0.29, 0.717) is 25.7 Å². The van der Waals surface area contributed by atoms with Crippen molar-refractivity contribution in [3.63, 3.8) is 0 Å². The lowest BCUT2D eigenvalue weighted by molar-refractivity contribution is -0.872. The van der Waals surface area contributed by atoms with Gasteiger partial charge in [0.25, 0.3) is 5.91 Å². The average Bonchev–Trinajstić information content (AvgIpc) is 0.767. The fraction of sp³-hybridized carbons (Fsp3) is 0.877. The van der Waals surface area contributed by atoms with E-state index in [1.807, 2.05) is 0 Å². The third kappa shape index (κ3) is 44.5. The van der Waals surface area contributed by atoms with Crippen LogP contribution in [0.5, 0.6) is 0 Å². The molecule has 0 heterocycles. The highest BCUT2D eigenvalue weighted by atomic mass is 16.6. The lowest BCUT2D eigenvalue weighted by atomic mass is 9.96. The van der Waals surface area contributed by atoms with Crippen LogP contribution in [0.4, 0.5) is 9.59 Å². The molecule has 0 rings (SSSR count). The first-order valence-corrected chi connectivity index (χ1v) is 36.8. The molecule has 95 heavy (non-hydrogen) atoms. The first-order chi connectivity index (χ1) is 44.4. The van der Waals surface area contributed by atoms with Crippen molar-refractivity contribution < 1.29 is 76.8 Å². The molecule has 22 heteroatoms. The molecule has 0 aliphatic rings. The molecule has 0 aliphatic carbocycles. The standard InChI is InChI=1S/C73H137N7O15/c1-15-17-19-21-23-25-27-29-31-33-35-37-39-41-54-80(55-42-40-38-36-34-32-30-28-26-24-22-20-18-16-2,60(46-47-61(76)81)63(84)77-58(65(86)87)45-48-62(82)83)64(85)59(79(69(91)95-73(12,13)14)53-50-57(75)67(89)93-71(6,7)8)44-43-51-78(68(90)94-72(9,10)11)52-49-56(74)66(88)92-70(3,4)5/h56-60H,15-55,74-75H2,1-14H3,(H4-,76,77,81,82,83,84,86,87)/p+1/t56?,57?,58-,59-,60-/m0/s1. The zero-order chi connectivity index (χ0) is 72.3. The van der Waals surface area contributed by atoms with Gasteiger partial charge in [0, 0.05) is 38.9 Å². The summed E-state index contributed by atoms with van der Waals surface area (Å²) < 4.78 is 22.5. The Bertz CT molecular complexity index is 2170. The van der Waals surface area contributed by atoms with Gasteiger partial charge >= 0.3 is 42.0 Å². The number of esters is 2. The smallest absolute Gasteiger partial charge is 0.411 e.